The molecule has 29 heavy (non-hydrogen) atoms. The summed E-state index contributed by atoms with van der Waals surface area (Å²) in [6.07, 6.45) is 2.35. The molecule has 2 aromatic heterocycles. The summed E-state index contributed by atoms with van der Waals surface area (Å²) in [5, 5.41) is 11.0. The summed E-state index contributed by atoms with van der Waals surface area (Å²) in [6.45, 7) is 1.87. The van der Waals surface area contributed by atoms with Crippen LogP contribution < -0.4 is 10.1 Å². The summed E-state index contributed by atoms with van der Waals surface area (Å²) in [4.78, 5) is 17.3. The van der Waals surface area contributed by atoms with Crippen molar-refractivity contribution in [1.82, 2.24) is 15.2 Å². The number of aromatic amines is 1. The largest absolute Gasteiger partial charge is 0.497 e. The Kier molecular flexibility index (Phi) is 4.08. The minimum Gasteiger partial charge on any atom is -0.497 e. The maximum absolute atomic E-state index is 12.7. The normalized spacial score (nSPS) is 13.6. The Morgan fingerprint density at radius 1 is 1.21 bits per heavy atom. The number of aromatic nitrogens is 3. The predicted octanol–water partition coefficient (Wildman–Crippen LogP) is 4.66. The van der Waals surface area contributed by atoms with Crippen LogP contribution in [-0.2, 0) is 0 Å². The van der Waals surface area contributed by atoms with E-state index in [1.165, 1.54) is 12.8 Å². The molecule has 0 radical (unpaired) electrons. The molecule has 2 aromatic carbocycles. The number of carbonyl (C=O) groups excluding carboxylic acids is 1. The fraction of sp³-hybridized carbons (Fsp3) is 0.227. The quantitative estimate of drug-likeness (QED) is 0.518. The minimum atomic E-state index is -0.292. The van der Waals surface area contributed by atoms with Crippen LogP contribution in [0.5, 0.6) is 5.75 Å². The van der Waals surface area contributed by atoms with Gasteiger partial charge in [0.2, 0.25) is 0 Å². The van der Waals surface area contributed by atoms with E-state index in [1.54, 1.807) is 13.2 Å². The zero-order valence-corrected chi connectivity index (χ0v) is 16.2. The second-order valence-corrected chi connectivity index (χ2v) is 7.27. The fourth-order valence-electron chi connectivity index (χ4n) is 3.38. The number of hydrogen-bond acceptors (Lipinski definition) is 5. The summed E-state index contributed by atoms with van der Waals surface area (Å²) in [5.41, 5.74) is 3.01. The van der Waals surface area contributed by atoms with E-state index in [1.807, 2.05) is 43.3 Å². The number of hydrogen-bond donors (Lipinski definition) is 2. The van der Waals surface area contributed by atoms with Crippen LogP contribution in [0, 0.1) is 6.92 Å². The number of rotatable bonds is 5. The summed E-state index contributed by atoms with van der Waals surface area (Å²) in [6, 6.07) is 12.9. The lowest BCUT2D eigenvalue weighted by Gasteiger charge is -2.04. The average molecular weight is 388 g/mol. The third-order valence-electron chi connectivity index (χ3n) is 5.22. The molecule has 2 heterocycles. The van der Waals surface area contributed by atoms with Gasteiger partial charge in [-0.25, -0.2) is 4.98 Å². The van der Waals surface area contributed by atoms with Crippen molar-refractivity contribution >= 4 is 22.6 Å². The van der Waals surface area contributed by atoms with Crippen LogP contribution >= 0.6 is 0 Å². The number of anilines is 1. The van der Waals surface area contributed by atoms with Crippen LogP contribution in [0.1, 0.15) is 40.7 Å². The molecule has 7 nitrogen and oxygen atoms in total. The zero-order chi connectivity index (χ0) is 20.0. The van der Waals surface area contributed by atoms with Crippen LogP contribution in [0.25, 0.3) is 22.4 Å². The molecule has 1 saturated carbocycles. The summed E-state index contributed by atoms with van der Waals surface area (Å²) in [5.74, 6) is 2.88. The van der Waals surface area contributed by atoms with Crippen LogP contribution in [0.4, 0.5) is 5.69 Å². The van der Waals surface area contributed by atoms with Crippen LogP contribution in [0.15, 0.2) is 46.9 Å². The minimum absolute atomic E-state index is 0.292. The van der Waals surface area contributed by atoms with E-state index in [0.717, 1.165) is 28.1 Å². The molecule has 0 atom stereocenters. The number of methoxy groups -OCH3 is 1. The molecular weight excluding hydrogens is 368 g/mol. The highest BCUT2D eigenvalue weighted by Gasteiger charge is 2.27. The molecular formula is C22H20N4O3. The number of amides is 1. The highest BCUT2D eigenvalue weighted by atomic mass is 16.5. The summed E-state index contributed by atoms with van der Waals surface area (Å²) >= 11 is 0. The van der Waals surface area contributed by atoms with E-state index in [9.17, 15) is 4.79 Å². The Morgan fingerprint density at radius 3 is 2.72 bits per heavy atom. The van der Waals surface area contributed by atoms with Crippen LogP contribution in [0.2, 0.25) is 0 Å². The van der Waals surface area contributed by atoms with Crippen molar-refractivity contribution in [2.75, 3.05) is 12.4 Å². The molecule has 4 aromatic rings. The van der Waals surface area contributed by atoms with Crippen molar-refractivity contribution < 1.29 is 13.9 Å². The molecule has 0 unspecified atom stereocenters. The fourth-order valence-corrected chi connectivity index (χ4v) is 3.38. The lowest BCUT2D eigenvalue weighted by atomic mass is 10.1. The SMILES string of the molecule is COc1ccc2oc(C(=O)Nc3ccc(-c4n[nH]c(C5CC5)n4)cc3)c(C)c2c1. The van der Waals surface area contributed by atoms with Gasteiger partial charge < -0.3 is 14.5 Å². The van der Waals surface area contributed by atoms with Gasteiger partial charge >= 0.3 is 0 Å². The lowest BCUT2D eigenvalue weighted by molar-refractivity contribution is 0.0998. The molecule has 1 fully saturated rings. The van der Waals surface area contributed by atoms with Gasteiger partial charge in [-0.05, 0) is 62.2 Å². The highest BCUT2D eigenvalue weighted by molar-refractivity contribution is 6.06. The van der Waals surface area contributed by atoms with Gasteiger partial charge in [-0.15, -0.1) is 0 Å². The number of fused-ring (bicyclic) bond motifs is 1. The number of benzene rings is 2. The first kappa shape index (κ1) is 17.5. The van der Waals surface area contributed by atoms with E-state index in [2.05, 4.69) is 20.5 Å². The standard InChI is InChI=1S/C22H20N4O3/c1-12-17-11-16(28-2)9-10-18(17)29-19(12)22(27)23-15-7-5-14(6-8-15)21-24-20(25-26-21)13-3-4-13/h5-11,13H,3-4H2,1-2H3,(H,23,27)(H,24,25,26). The summed E-state index contributed by atoms with van der Waals surface area (Å²) in [7, 11) is 1.61. The maximum Gasteiger partial charge on any atom is 0.291 e. The van der Waals surface area contributed by atoms with E-state index >= 15 is 0 Å². The van der Waals surface area contributed by atoms with E-state index in [-0.39, 0.29) is 5.91 Å². The Labute approximate surface area is 167 Å². The second-order valence-electron chi connectivity index (χ2n) is 7.27. The zero-order valence-electron chi connectivity index (χ0n) is 16.2. The molecule has 1 aliphatic carbocycles. The number of nitrogens with zero attached hydrogens (tertiary/aromatic N) is 2. The van der Waals surface area contributed by atoms with E-state index in [4.69, 9.17) is 9.15 Å². The molecule has 0 saturated heterocycles. The van der Waals surface area contributed by atoms with Gasteiger partial charge in [-0.3, -0.25) is 9.89 Å². The smallest absolute Gasteiger partial charge is 0.291 e. The van der Waals surface area contributed by atoms with Crippen molar-refractivity contribution in [3.63, 3.8) is 0 Å². The maximum atomic E-state index is 12.7. The van der Waals surface area contributed by atoms with Crippen LogP contribution in [-0.4, -0.2) is 28.2 Å². The predicted molar refractivity (Wildman–Crippen MR) is 109 cm³/mol. The first-order chi connectivity index (χ1) is 14.1. The monoisotopic (exact) mass is 388 g/mol. The van der Waals surface area contributed by atoms with Gasteiger partial charge in [0.1, 0.15) is 17.2 Å². The molecule has 7 heteroatoms. The molecule has 0 bridgehead atoms. The van der Waals surface area contributed by atoms with Crippen molar-refractivity contribution in [2.24, 2.45) is 0 Å². The Hall–Kier alpha value is -3.61. The molecule has 0 spiro atoms. The molecule has 146 valence electrons. The van der Waals surface area contributed by atoms with Crippen molar-refractivity contribution in [3.05, 3.63) is 59.6 Å². The van der Waals surface area contributed by atoms with Crippen LogP contribution in [0.3, 0.4) is 0 Å². The lowest BCUT2D eigenvalue weighted by Crippen LogP contribution is -2.12. The Bertz CT molecular complexity index is 1200. The van der Waals surface area contributed by atoms with Crippen molar-refractivity contribution in [1.29, 1.82) is 0 Å². The molecule has 2 N–H and O–H groups in total. The third-order valence-corrected chi connectivity index (χ3v) is 5.22. The van der Waals surface area contributed by atoms with Gasteiger partial charge in [0.05, 0.1) is 7.11 Å². The average Bonchev–Trinajstić information content (AvgIpc) is 3.38. The number of aryl methyl sites for hydroxylation is 1. The topological polar surface area (TPSA) is 93.0 Å². The Balaban J connectivity index is 1.35. The van der Waals surface area contributed by atoms with E-state index < -0.39 is 0 Å². The van der Waals surface area contributed by atoms with Gasteiger partial charge in [0.15, 0.2) is 11.6 Å². The molecule has 0 aliphatic heterocycles. The van der Waals surface area contributed by atoms with Gasteiger partial charge in [0, 0.05) is 28.1 Å². The molecule has 5 rings (SSSR count). The Morgan fingerprint density at radius 2 is 2.00 bits per heavy atom. The van der Waals surface area contributed by atoms with Gasteiger partial charge in [0.25, 0.3) is 5.91 Å². The first-order valence-corrected chi connectivity index (χ1v) is 9.53. The number of furan rings is 1. The number of H-pyrrole nitrogens is 1. The highest BCUT2D eigenvalue weighted by Crippen LogP contribution is 2.38. The molecule has 1 amide bonds. The third kappa shape index (κ3) is 3.24. The first-order valence-electron chi connectivity index (χ1n) is 9.53. The molecule has 1 aliphatic rings. The van der Waals surface area contributed by atoms with E-state index in [0.29, 0.717) is 28.8 Å². The number of nitrogens with one attached hydrogen (secondary N) is 2. The second kappa shape index (κ2) is 6.77. The van der Waals surface area contributed by atoms with Gasteiger partial charge in [-0.1, -0.05) is 0 Å². The summed E-state index contributed by atoms with van der Waals surface area (Å²) < 4.78 is 11.0. The number of carbonyl (C=O) groups is 1. The van der Waals surface area contributed by atoms with Crippen molar-refractivity contribution in [3.8, 4) is 17.1 Å². The number of ether oxygens (including phenoxy) is 1. The van der Waals surface area contributed by atoms with Crippen molar-refractivity contribution in [2.45, 2.75) is 25.7 Å². The van der Waals surface area contributed by atoms with Gasteiger partial charge in [-0.2, -0.15) is 5.10 Å².